The molecule has 3 aromatic carbocycles. The fourth-order valence-electron chi connectivity index (χ4n) is 9.70. The number of hydrogen-bond donors (Lipinski definition) is 3. The summed E-state index contributed by atoms with van der Waals surface area (Å²) in [6, 6.07) is 21.2. The molecule has 0 aromatic heterocycles. The lowest BCUT2D eigenvalue weighted by Crippen LogP contribution is -2.29. The first kappa shape index (κ1) is 54.1. The van der Waals surface area contributed by atoms with E-state index in [1.165, 1.54) is 85.6 Å². The summed E-state index contributed by atoms with van der Waals surface area (Å²) in [4.78, 5) is 0. The molecular formula is C60H89NO6. The molecule has 3 N–H and O–H groups in total. The molecule has 0 fully saturated rings. The van der Waals surface area contributed by atoms with Crippen LogP contribution in [0.25, 0.3) is 5.57 Å². The van der Waals surface area contributed by atoms with Crippen molar-refractivity contribution >= 4 is 5.57 Å². The van der Waals surface area contributed by atoms with Crippen LogP contribution < -0.4 is 19.5 Å². The second-order valence-electron chi connectivity index (χ2n) is 21.3. The molecule has 0 heterocycles. The maximum Gasteiger partial charge on any atom is 0.203 e. The van der Waals surface area contributed by atoms with Crippen LogP contribution >= 0.6 is 0 Å². The predicted molar refractivity (Wildman–Crippen MR) is 279 cm³/mol. The van der Waals surface area contributed by atoms with Crippen LogP contribution in [0.5, 0.6) is 17.2 Å². The Kier molecular flexibility index (Phi) is 23.1. The molecular weight excluding hydrogens is 831 g/mol. The van der Waals surface area contributed by atoms with Crippen molar-refractivity contribution in [2.24, 2.45) is 41.4 Å². The van der Waals surface area contributed by atoms with Gasteiger partial charge in [-0.05, 0) is 100 Å². The molecule has 0 radical (unpaired) electrons. The molecule has 0 aliphatic heterocycles. The average Bonchev–Trinajstić information content (AvgIpc) is 3.30. The van der Waals surface area contributed by atoms with Crippen molar-refractivity contribution in [3.05, 3.63) is 118 Å². The number of allylic oxidation sites excluding steroid dienone is 5. The zero-order chi connectivity index (χ0) is 48.1. The summed E-state index contributed by atoms with van der Waals surface area (Å²) in [5.41, 5.74) is 7.83. The summed E-state index contributed by atoms with van der Waals surface area (Å²) >= 11 is 0. The standard InChI is InChI=1S/C60H89NO6/c1-42(2)17-14-20-45(7)31-34-65-56-37-50(38-57(66-35-32-46(8)21-15-18-43(3)4)59(56)67-36-33-47(9)22-16-19-44(5)6)60(63)61-39-55-51-23-10-12-25-53(51)58(54-26-13-11-24-52(54)55)49-29-27-48(28-30-49)40-64-41-62/h10-13,23-30,37-38,42-47,53,58,60-63H,14-22,31-36,39-41H2,1-9H3. The summed E-state index contributed by atoms with van der Waals surface area (Å²) in [5.74, 6) is 5.98. The van der Waals surface area contributed by atoms with Gasteiger partial charge in [-0.15, -0.1) is 0 Å². The van der Waals surface area contributed by atoms with Gasteiger partial charge in [-0.2, -0.15) is 0 Å². The number of benzene rings is 3. The molecule has 67 heavy (non-hydrogen) atoms. The van der Waals surface area contributed by atoms with E-state index in [1.54, 1.807) is 0 Å². The van der Waals surface area contributed by atoms with E-state index in [4.69, 9.17) is 18.9 Å². The van der Waals surface area contributed by atoms with E-state index >= 15 is 0 Å². The Morgan fingerprint density at radius 1 is 0.612 bits per heavy atom. The highest BCUT2D eigenvalue weighted by Gasteiger charge is 2.35. The average molecular weight is 920 g/mol. The third kappa shape index (κ3) is 17.5. The first-order chi connectivity index (χ1) is 32.3. The van der Waals surface area contributed by atoms with E-state index < -0.39 is 6.23 Å². The van der Waals surface area contributed by atoms with E-state index in [2.05, 4.69) is 140 Å². The van der Waals surface area contributed by atoms with Crippen LogP contribution in [0.1, 0.15) is 179 Å². The van der Waals surface area contributed by atoms with Crippen molar-refractivity contribution in [2.75, 3.05) is 33.2 Å². The molecule has 370 valence electrons. The summed E-state index contributed by atoms with van der Waals surface area (Å²) in [6.07, 6.45) is 21.7. The molecule has 0 saturated carbocycles. The highest BCUT2D eigenvalue weighted by atomic mass is 16.6. The van der Waals surface area contributed by atoms with Crippen LogP contribution in [0.2, 0.25) is 0 Å². The molecule has 6 atom stereocenters. The van der Waals surface area contributed by atoms with Gasteiger partial charge in [0.1, 0.15) is 13.0 Å². The SMILES string of the molecule is CC(C)CCCC(C)CCOc1cc(C(O)NCC2=C3C=CC=CC3C(c3ccc(COCO)cc3)c3ccccc32)cc(OCCC(C)CCCC(C)C)c1OCCC(C)CCCC(C)C. The van der Waals surface area contributed by atoms with E-state index in [0.29, 0.717) is 85.4 Å². The zero-order valence-corrected chi connectivity index (χ0v) is 43.0. The van der Waals surface area contributed by atoms with Crippen molar-refractivity contribution in [1.82, 2.24) is 5.32 Å². The van der Waals surface area contributed by atoms with Crippen LogP contribution in [-0.2, 0) is 11.3 Å². The fraction of sp³-hybridized carbons (Fsp3) is 0.600. The van der Waals surface area contributed by atoms with Gasteiger partial charge in [0, 0.05) is 23.9 Å². The summed E-state index contributed by atoms with van der Waals surface area (Å²) < 4.78 is 25.4. The predicted octanol–water partition coefficient (Wildman–Crippen LogP) is 14.8. The maximum atomic E-state index is 12.2. The number of aliphatic hydroxyl groups is 2. The fourth-order valence-corrected chi connectivity index (χ4v) is 9.70. The molecule has 2 aliphatic carbocycles. The van der Waals surface area contributed by atoms with Gasteiger partial charge >= 0.3 is 0 Å². The van der Waals surface area contributed by atoms with Gasteiger partial charge in [0.05, 0.1) is 26.4 Å². The lowest BCUT2D eigenvalue weighted by atomic mass is 9.67. The highest BCUT2D eigenvalue weighted by molar-refractivity contribution is 5.79. The topological polar surface area (TPSA) is 89.4 Å². The third-order valence-electron chi connectivity index (χ3n) is 14.0. The second-order valence-corrected chi connectivity index (χ2v) is 21.3. The Bertz CT molecular complexity index is 1930. The molecule has 0 amide bonds. The Labute approximate surface area is 406 Å². The summed E-state index contributed by atoms with van der Waals surface area (Å²) in [6.45, 7) is 23.1. The Balaban J connectivity index is 1.42. The molecule has 6 unspecified atom stereocenters. The van der Waals surface area contributed by atoms with E-state index in [9.17, 15) is 10.2 Å². The lowest BCUT2D eigenvalue weighted by molar-refractivity contribution is -0.0112. The van der Waals surface area contributed by atoms with Crippen LogP contribution in [-0.4, -0.2) is 43.4 Å². The van der Waals surface area contributed by atoms with Crippen molar-refractivity contribution in [3.63, 3.8) is 0 Å². The highest BCUT2D eigenvalue weighted by Crippen LogP contribution is 2.48. The Morgan fingerprint density at radius 3 is 1.69 bits per heavy atom. The minimum atomic E-state index is -0.988. The Hall–Kier alpha value is -3.88. The number of fused-ring (bicyclic) bond motifs is 2. The first-order valence-electron chi connectivity index (χ1n) is 26.3. The number of nitrogens with one attached hydrogen (secondary N) is 1. The van der Waals surface area contributed by atoms with E-state index in [-0.39, 0.29) is 18.6 Å². The molecule has 3 aromatic rings. The molecule has 2 aliphatic rings. The minimum absolute atomic E-state index is 0.125. The molecule has 7 heteroatoms. The number of hydrogen-bond acceptors (Lipinski definition) is 7. The summed E-state index contributed by atoms with van der Waals surface area (Å²) in [5, 5.41) is 24.9. The van der Waals surface area contributed by atoms with Crippen LogP contribution in [0.4, 0.5) is 0 Å². The van der Waals surface area contributed by atoms with Gasteiger partial charge in [0.2, 0.25) is 5.75 Å². The van der Waals surface area contributed by atoms with Crippen molar-refractivity contribution < 1.29 is 29.2 Å². The van der Waals surface area contributed by atoms with Crippen LogP contribution in [0.15, 0.2) is 90.5 Å². The van der Waals surface area contributed by atoms with Gasteiger partial charge in [0.15, 0.2) is 11.5 Å². The third-order valence-corrected chi connectivity index (χ3v) is 14.0. The number of ether oxygens (including phenoxy) is 4. The molecule has 5 rings (SSSR count). The van der Waals surface area contributed by atoms with Gasteiger partial charge in [-0.25, -0.2) is 0 Å². The quantitative estimate of drug-likeness (QED) is 0.0538. The minimum Gasteiger partial charge on any atom is -0.490 e. The lowest BCUT2D eigenvalue weighted by Gasteiger charge is -2.37. The molecule has 0 spiro atoms. The zero-order valence-electron chi connectivity index (χ0n) is 43.0. The van der Waals surface area contributed by atoms with Crippen LogP contribution in [0, 0.1) is 41.4 Å². The van der Waals surface area contributed by atoms with Crippen molar-refractivity contribution in [3.8, 4) is 17.2 Å². The van der Waals surface area contributed by atoms with Crippen LogP contribution in [0.3, 0.4) is 0 Å². The number of aliphatic hydroxyl groups excluding tert-OH is 2. The first-order valence-corrected chi connectivity index (χ1v) is 26.3. The maximum absolute atomic E-state index is 12.2. The molecule has 7 nitrogen and oxygen atoms in total. The molecule has 0 saturated heterocycles. The van der Waals surface area contributed by atoms with Gasteiger partial charge in [-0.3, -0.25) is 5.32 Å². The van der Waals surface area contributed by atoms with Gasteiger partial charge < -0.3 is 29.2 Å². The van der Waals surface area contributed by atoms with E-state index in [1.807, 2.05) is 12.1 Å². The largest absolute Gasteiger partial charge is 0.490 e. The van der Waals surface area contributed by atoms with Crippen molar-refractivity contribution in [2.45, 2.75) is 158 Å². The summed E-state index contributed by atoms with van der Waals surface area (Å²) in [7, 11) is 0. The monoisotopic (exact) mass is 920 g/mol. The molecule has 0 bridgehead atoms. The van der Waals surface area contributed by atoms with Gasteiger partial charge in [0.25, 0.3) is 0 Å². The smallest absolute Gasteiger partial charge is 0.203 e. The number of rotatable bonds is 32. The Morgan fingerprint density at radius 2 is 1.15 bits per heavy atom. The normalized spacial score (nSPS) is 17.5. The van der Waals surface area contributed by atoms with Crippen molar-refractivity contribution in [1.29, 1.82) is 0 Å². The van der Waals surface area contributed by atoms with E-state index in [0.717, 1.165) is 30.7 Å². The van der Waals surface area contributed by atoms with Gasteiger partial charge in [-0.1, -0.05) is 193 Å². The second kappa shape index (κ2) is 28.6.